The molecule has 2 aromatic rings. The average Bonchev–Trinajstić information content (AvgIpc) is 2.66. The standard InChI is InChI=1S/C21H28N2O3/c1-23(2)18(17-11-12-19(25-3)20(14-17)26-4)15-22-21(24)13-10-16-8-6-5-7-9-16/h5-9,11-12,14,18H,10,13,15H2,1-4H3,(H,22,24). The lowest BCUT2D eigenvalue weighted by Gasteiger charge is -2.26. The van der Waals surface area contributed by atoms with Crippen molar-refractivity contribution in [2.75, 3.05) is 34.9 Å². The summed E-state index contributed by atoms with van der Waals surface area (Å²) < 4.78 is 10.7. The number of amides is 1. The van der Waals surface area contributed by atoms with Crippen LogP contribution in [-0.2, 0) is 11.2 Å². The third-order valence-electron chi connectivity index (χ3n) is 4.39. The van der Waals surface area contributed by atoms with Gasteiger partial charge in [0.1, 0.15) is 0 Å². The van der Waals surface area contributed by atoms with Crippen LogP contribution in [0.3, 0.4) is 0 Å². The number of carbonyl (C=O) groups excluding carboxylic acids is 1. The minimum atomic E-state index is 0.0514. The monoisotopic (exact) mass is 356 g/mol. The predicted molar refractivity (Wildman–Crippen MR) is 104 cm³/mol. The van der Waals surface area contributed by atoms with E-state index in [1.807, 2.05) is 62.6 Å². The van der Waals surface area contributed by atoms with Crippen molar-refractivity contribution in [2.24, 2.45) is 0 Å². The van der Waals surface area contributed by atoms with Crippen molar-refractivity contribution in [1.29, 1.82) is 0 Å². The van der Waals surface area contributed by atoms with E-state index in [4.69, 9.17) is 9.47 Å². The highest BCUT2D eigenvalue weighted by Gasteiger charge is 2.17. The molecule has 0 aliphatic heterocycles. The number of nitrogens with one attached hydrogen (secondary N) is 1. The summed E-state index contributed by atoms with van der Waals surface area (Å²) in [7, 11) is 7.24. The first-order chi connectivity index (χ1) is 12.5. The average molecular weight is 356 g/mol. The first kappa shape index (κ1) is 19.8. The fourth-order valence-electron chi connectivity index (χ4n) is 2.86. The lowest BCUT2D eigenvalue weighted by molar-refractivity contribution is -0.121. The van der Waals surface area contributed by atoms with Crippen LogP contribution >= 0.6 is 0 Å². The molecule has 5 nitrogen and oxygen atoms in total. The van der Waals surface area contributed by atoms with Gasteiger partial charge in [0.05, 0.1) is 20.3 Å². The molecule has 5 heteroatoms. The Balaban J connectivity index is 1.96. The van der Waals surface area contributed by atoms with Gasteiger partial charge in [-0.15, -0.1) is 0 Å². The van der Waals surface area contributed by atoms with Crippen LogP contribution in [0.4, 0.5) is 0 Å². The highest BCUT2D eigenvalue weighted by Crippen LogP contribution is 2.31. The Morgan fingerprint density at radius 2 is 1.73 bits per heavy atom. The van der Waals surface area contributed by atoms with Gasteiger partial charge in [-0.2, -0.15) is 0 Å². The Labute approximate surface area is 155 Å². The summed E-state index contributed by atoms with van der Waals surface area (Å²) in [4.78, 5) is 14.3. The maximum absolute atomic E-state index is 12.2. The van der Waals surface area contributed by atoms with Gasteiger partial charge < -0.3 is 19.7 Å². The number of ether oxygens (including phenoxy) is 2. The van der Waals surface area contributed by atoms with Crippen LogP contribution in [0.5, 0.6) is 11.5 Å². The van der Waals surface area contributed by atoms with Crippen LogP contribution in [0, 0.1) is 0 Å². The number of methoxy groups -OCH3 is 2. The molecule has 1 atom stereocenters. The van der Waals surface area contributed by atoms with Crippen LogP contribution in [0.15, 0.2) is 48.5 Å². The number of likely N-dealkylation sites (N-methyl/N-ethyl adjacent to an activating group) is 1. The zero-order valence-electron chi connectivity index (χ0n) is 16.0. The molecule has 0 spiro atoms. The summed E-state index contributed by atoms with van der Waals surface area (Å²) in [5.74, 6) is 1.44. The Morgan fingerprint density at radius 1 is 1.04 bits per heavy atom. The Hall–Kier alpha value is -2.53. The van der Waals surface area contributed by atoms with Crippen molar-refractivity contribution in [1.82, 2.24) is 10.2 Å². The molecule has 26 heavy (non-hydrogen) atoms. The molecule has 0 aromatic heterocycles. The Kier molecular flexibility index (Phi) is 7.48. The molecular weight excluding hydrogens is 328 g/mol. The predicted octanol–water partition coefficient (Wildman–Crippen LogP) is 3.06. The van der Waals surface area contributed by atoms with Crippen molar-refractivity contribution in [3.63, 3.8) is 0 Å². The normalized spacial score (nSPS) is 11.9. The third-order valence-corrected chi connectivity index (χ3v) is 4.39. The van der Waals surface area contributed by atoms with Crippen molar-refractivity contribution in [3.05, 3.63) is 59.7 Å². The fourth-order valence-corrected chi connectivity index (χ4v) is 2.86. The summed E-state index contributed by atoms with van der Waals surface area (Å²) in [5, 5.41) is 3.05. The Morgan fingerprint density at radius 3 is 2.35 bits per heavy atom. The van der Waals surface area contributed by atoms with E-state index in [1.165, 1.54) is 5.56 Å². The van der Waals surface area contributed by atoms with E-state index in [1.54, 1.807) is 14.2 Å². The van der Waals surface area contributed by atoms with E-state index in [2.05, 4.69) is 10.2 Å². The molecular formula is C21H28N2O3. The van der Waals surface area contributed by atoms with E-state index >= 15 is 0 Å². The van der Waals surface area contributed by atoms with E-state index in [-0.39, 0.29) is 11.9 Å². The molecule has 0 aliphatic rings. The first-order valence-corrected chi connectivity index (χ1v) is 8.74. The molecule has 0 radical (unpaired) electrons. The topological polar surface area (TPSA) is 50.8 Å². The van der Waals surface area contributed by atoms with Crippen LogP contribution in [-0.4, -0.2) is 45.7 Å². The maximum Gasteiger partial charge on any atom is 0.220 e. The van der Waals surface area contributed by atoms with E-state index in [0.717, 1.165) is 12.0 Å². The van der Waals surface area contributed by atoms with Gasteiger partial charge in [-0.25, -0.2) is 0 Å². The molecule has 1 N–H and O–H groups in total. The number of rotatable bonds is 9. The maximum atomic E-state index is 12.2. The lowest BCUT2D eigenvalue weighted by atomic mass is 10.0. The summed E-state index contributed by atoms with van der Waals surface area (Å²) >= 11 is 0. The van der Waals surface area contributed by atoms with Gasteiger partial charge >= 0.3 is 0 Å². The molecule has 1 unspecified atom stereocenters. The van der Waals surface area contributed by atoms with Gasteiger partial charge in [0.2, 0.25) is 5.91 Å². The van der Waals surface area contributed by atoms with Crippen molar-refractivity contribution in [3.8, 4) is 11.5 Å². The number of benzene rings is 2. The zero-order chi connectivity index (χ0) is 18.9. The molecule has 140 valence electrons. The number of hydrogen-bond donors (Lipinski definition) is 1. The van der Waals surface area contributed by atoms with Gasteiger partial charge in [-0.1, -0.05) is 36.4 Å². The summed E-state index contributed by atoms with van der Waals surface area (Å²) in [6, 6.07) is 16.0. The van der Waals surface area contributed by atoms with Gasteiger partial charge in [0.15, 0.2) is 11.5 Å². The molecule has 0 saturated heterocycles. The second-order valence-electron chi connectivity index (χ2n) is 6.38. The number of aryl methyl sites for hydroxylation is 1. The van der Waals surface area contributed by atoms with Crippen molar-refractivity contribution >= 4 is 5.91 Å². The van der Waals surface area contributed by atoms with Crippen LogP contribution in [0.2, 0.25) is 0 Å². The highest BCUT2D eigenvalue weighted by molar-refractivity contribution is 5.76. The van der Waals surface area contributed by atoms with Gasteiger partial charge in [-0.05, 0) is 43.8 Å². The SMILES string of the molecule is COc1ccc(C(CNC(=O)CCc2ccccc2)N(C)C)cc1OC. The van der Waals surface area contributed by atoms with Crippen LogP contribution in [0.1, 0.15) is 23.6 Å². The summed E-state index contributed by atoms with van der Waals surface area (Å²) in [5.41, 5.74) is 2.24. The quantitative estimate of drug-likeness (QED) is 0.750. The van der Waals surface area contributed by atoms with Crippen molar-refractivity contribution in [2.45, 2.75) is 18.9 Å². The summed E-state index contributed by atoms with van der Waals surface area (Å²) in [6.45, 7) is 0.538. The van der Waals surface area contributed by atoms with Gasteiger partial charge in [0.25, 0.3) is 0 Å². The minimum Gasteiger partial charge on any atom is -0.493 e. The second kappa shape index (κ2) is 9.82. The molecule has 0 saturated carbocycles. The molecule has 0 heterocycles. The Bertz CT molecular complexity index is 702. The fraction of sp³-hybridized carbons (Fsp3) is 0.381. The highest BCUT2D eigenvalue weighted by atomic mass is 16.5. The van der Waals surface area contributed by atoms with Gasteiger partial charge in [-0.3, -0.25) is 4.79 Å². The van der Waals surface area contributed by atoms with Crippen LogP contribution in [0.25, 0.3) is 0 Å². The smallest absolute Gasteiger partial charge is 0.220 e. The van der Waals surface area contributed by atoms with Crippen LogP contribution < -0.4 is 14.8 Å². The van der Waals surface area contributed by atoms with Gasteiger partial charge in [0, 0.05) is 13.0 Å². The lowest BCUT2D eigenvalue weighted by Crippen LogP contribution is -2.34. The van der Waals surface area contributed by atoms with E-state index in [0.29, 0.717) is 24.5 Å². The molecule has 0 bridgehead atoms. The third kappa shape index (κ3) is 5.49. The largest absolute Gasteiger partial charge is 0.493 e. The number of nitrogens with zero attached hydrogens (tertiary/aromatic N) is 1. The molecule has 0 aliphatic carbocycles. The zero-order valence-corrected chi connectivity index (χ0v) is 16.0. The minimum absolute atomic E-state index is 0.0514. The molecule has 1 amide bonds. The number of carbonyl (C=O) groups is 1. The van der Waals surface area contributed by atoms with E-state index in [9.17, 15) is 4.79 Å². The second-order valence-corrected chi connectivity index (χ2v) is 6.38. The summed E-state index contributed by atoms with van der Waals surface area (Å²) in [6.07, 6.45) is 1.23. The molecule has 0 fully saturated rings. The molecule has 2 rings (SSSR count). The van der Waals surface area contributed by atoms with E-state index < -0.39 is 0 Å². The molecule has 2 aromatic carbocycles. The number of hydrogen-bond acceptors (Lipinski definition) is 4. The van der Waals surface area contributed by atoms with Crippen molar-refractivity contribution < 1.29 is 14.3 Å². The first-order valence-electron chi connectivity index (χ1n) is 8.74.